The van der Waals surface area contributed by atoms with E-state index in [1.807, 2.05) is 0 Å². The smallest absolute Gasteiger partial charge is 0.0424 e. The van der Waals surface area contributed by atoms with E-state index in [1.54, 1.807) is 0 Å². The van der Waals surface area contributed by atoms with Crippen molar-refractivity contribution in [2.45, 2.75) is 25.8 Å². The Balaban J connectivity index is 1.88. The number of benzene rings is 1. The fourth-order valence-corrected chi connectivity index (χ4v) is 2.16. The van der Waals surface area contributed by atoms with Gasteiger partial charge in [0, 0.05) is 19.1 Å². The molecular formula is C14H22N2. The van der Waals surface area contributed by atoms with Crippen LogP contribution in [0.25, 0.3) is 0 Å². The highest BCUT2D eigenvalue weighted by atomic mass is 15.1. The molecule has 1 unspecified atom stereocenters. The summed E-state index contributed by atoms with van der Waals surface area (Å²) in [6.45, 7) is 4.28. The number of hydrogen-bond donors (Lipinski definition) is 1. The Hall–Kier alpha value is -0.860. The Morgan fingerprint density at radius 2 is 2.19 bits per heavy atom. The molecule has 2 nitrogen and oxygen atoms in total. The van der Waals surface area contributed by atoms with Gasteiger partial charge in [-0.3, -0.25) is 0 Å². The Labute approximate surface area is 98.4 Å². The van der Waals surface area contributed by atoms with Crippen LogP contribution in [0.15, 0.2) is 24.3 Å². The highest BCUT2D eigenvalue weighted by Crippen LogP contribution is 2.29. The van der Waals surface area contributed by atoms with Crippen LogP contribution in [-0.4, -0.2) is 25.0 Å². The molecule has 0 amide bonds. The average Bonchev–Trinajstić information content (AvgIpc) is 3.01. The fraction of sp³-hybridized carbons (Fsp3) is 0.571. The summed E-state index contributed by atoms with van der Waals surface area (Å²) in [6.07, 6.45) is 2.81. The van der Waals surface area contributed by atoms with Crippen molar-refractivity contribution < 1.29 is 0 Å². The molecule has 2 N–H and O–H groups in total. The molecule has 0 aliphatic heterocycles. The van der Waals surface area contributed by atoms with E-state index in [1.165, 1.54) is 30.5 Å². The Morgan fingerprint density at radius 3 is 2.81 bits per heavy atom. The predicted octanol–water partition coefficient (Wildman–Crippen LogP) is 2.34. The van der Waals surface area contributed by atoms with Crippen LogP contribution in [0.2, 0.25) is 0 Å². The standard InChI is InChI=1S/C14H22N2/c1-11-4-3-5-13(8-11)14(15)10-16(2)9-12-6-7-12/h3-5,8,12,14H,6-7,9-10,15H2,1-2H3. The Morgan fingerprint density at radius 1 is 1.44 bits per heavy atom. The highest BCUT2D eigenvalue weighted by molar-refractivity contribution is 5.25. The summed E-state index contributed by atoms with van der Waals surface area (Å²) in [4.78, 5) is 2.37. The van der Waals surface area contributed by atoms with Gasteiger partial charge < -0.3 is 10.6 Å². The van der Waals surface area contributed by atoms with E-state index in [-0.39, 0.29) is 6.04 Å². The largest absolute Gasteiger partial charge is 0.323 e. The molecule has 1 aliphatic rings. The van der Waals surface area contributed by atoms with Crippen molar-refractivity contribution in [1.29, 1.82) is 0 Å². The summed E-state index contributed by atoms with van der Waals surface area (Å²) in [5.41, 5.74) is 8.76. The molecule has 0 aromatic heterocycles. The van der Waals surface area contributed by atoms with Gasteiger partial charge >= 0.3 is 0 Å². The maximum atomic E-state index is 6.22. The van der Waals surface area contributed by atoms with Crippen LogP contribution >= 0.6 is 0 Å². The minimum Gasteiger partial charge on any atom is -0.323 e. The topological polar surface area (TPSA) is 29.3 Å². The van der Waals surface area contributed by atoms with E-state index in [2.05, 4.69) is 43.1 Å². The Kier molecular flexibility index (Phi) is 3.62. The number of likely N-dealkylation sites (N-methyl/N-ethyl adjacent to an activating group) is 1. The van der Waals surface area contributed by atoms with Gasteiger partial charge in [0.1, 0.15) is 0 Å². The summed E-state index contributed by atoms with van der Waals surface area (Å²) in [6, 6.07) is 8.66. The Bertz CT molecular complexity index is 344. The number of rotatable bonds is 5. The van der Waals surface area contributed by atoms with E-state index >= 15 is 0 Å². The van der Waals surface area contributed by atoms with Gasteiger partial charge in [-0.25, -0.2) is 0 Å². The molecule has 0 spiro atoms. The maximum absolute atomic E-state index is 6.22. The molecule has 16 heavy (non-hydrogen) atoms. The van der Waals surface area contributed by atoms with Crippen molar-refractivity contribution in [3.05, 3.63) is 35.4 Å². The van der Waals surface area contributed by atoms with Crippen LogP contribution in [0.3, 0.4) is 0 Å². The van der Waals surface area contributed by atoms with Crippen molar-refractivity contribution in [1.82, 2.24) is 4.90 Å². The summed E-state index contributed by atoms with van der Waals surface area (Å²) in [7, 11) is 2.17. The minimum atomic E-state index is 0.142. The molecule has 2 rings (SSSR count). The van der Waals surface area contributed by atoms with Crippen molar-refractivity contribution in [2.75, 3.05) is 20.1 Å². The van der Waals surface area contributed by atoms with Crippen LogP contribution in [0.4, 0.5) is 0 Å². The molecule has 0 saturated heterocycles. The average molecular weight is 218 g/mol. The third-order valence-corrected chi connectivity index (χ3v) is 3.25. The van der Waals surface area contributed by atoms with Gasteiger partial charge in [-0.05, 0) is 38.3 Å². The molecule has 2 heteroatoms. The second-order valence-electron chi connectivity index (χ2n) is 5.19. The third kappa shape index (κ3) is 3.32. The van der Waals surface area contributed by atoms with Gasteiger partial charge in [-0.1, -0.05) is 29.8 Å². The van der Waals surface area contributed by atoms with Crippen molar-refractivity contribution in [3.8, 4) is 0 Å². The van der Waals surface area contributed by atoms with Crippen molar-refractivity contribution in [3.63, 3.8) is 0 Å². The zero-order valence-electron chi connectivity index (χ0n) is 10.3. The van der Waals surface area contributed by atoms with Gasteiger partial charge in [0.25, 0.3) is 0 Å². The van der Waals surface area contributed by atoms with Gasteiger partial charge in [-0.15, -0.1) is 0 Å². The third-order valence-electron chi connectivity index (χ3n) is 3.25. The number of aryl methyl sites for hydroxylation is 1. The lowest BCUT2D eigenvalue weighted by Gasteiger charge is -2.21. The first-order chi connectivity index (χ1) is 7.65. The maximum Gasteiger partial charge on any atom is 0.0424 e. The molecule has 1 aromatic carbocycles. The van der Waals surface area contributed by atoms with Crippen LogP contribution in [-0.2, 0) is 0 Å². The zero-order chi connectivity index (χ0) is 11.5. The molecule has 1 atom stereocenters. The molecule has 1 fully saturated rings. The lowest BCUT2D eigenvalue weighted by molar-refractivity contribution is 0.300. The van der Waals surface area contributed by atoms with Gasteiger partial charge in [0.2, 0.25) is 0 Å². The van der Waals surface area contributed by atoms with Gasteiger partial charge in [0.05, 0.1) is 0 Å². The van der Waals surface area contributed by atoms with Crippen molar-refractivity contribution in [2.24, 2.45) is 11.7 Å². The van der Waals surface area contributed by atoms with Gasteiger partial charge in [-0.2, -0.15) is 0 Å². The monoisotopic (exact) mass is 218 g/mol. The van der Waals surface area contributed by atoms with E-state index in [4.69, 9.17) is 5.73 Å². The quantitative estimate of drug-likeness (QED) is 0.822. The van der Waals surface area contributed by atoms with Crippen LogP contribution in [0.5, 0.6) is 0 Å². The van der Waals surface area contributed by atoms with Crippen LogP contribution < -0.4 is 5.73 Å². The molecule has 1 aliphatic carbocycles. The summed E-state index contributed by atoms with van der Waals surface area (Å²) in [5, 5.41) is 0. The van der Waals surface area contributed by atoms with E-state index < -0.39 is 0 Å². The number of hydrogen-bond acceptors (Lipinski definition) is 2. The molecule has 0 bridgehead atoms. The molecule has 1 saturated carbocycles. The second-order valence-corrected chi connectivity index (χ2v) is 5.19. The van der Waals surface area contributed by atoms with Gasteiger partial charge in [0.15, 0.2) is 0 Å². The van der Waals surface area contributed by atoms with Crippen LogP contribution in [0, 0.1) is 12.8 Å². The van der Waals surface area contributed by atoms with E-state index in [0.717, 1.165) is 12.5 Å². The molecule has 0 radical (unpaired) electrons. The summed E-state index contributed by atoms with van der Waals surface area (Å²) in [5.74, 6) is 0.940. The lowest BCUT2D eigenvalue weighted by Crippen LogP contribution is -2.30. The molecule has 88 valence electrons. The number of nitrogens with zero attached hydrogens (tertiary/aromatic N) is 1. The first kappa shape index (κ1) is 11.6. The summed E-state index contributed by atoms with van der Waals surface area (Å²) < 4.78 is 0. The SMILES string of the molecule is Cc1cccc(C(N)CN(C)CC2CC2)c1. The molecule has 0 heterocycles. The predicted molar refractivity (Wildman–Crippen MR) is 68.3 cm³/mol. The fourth-order valence-electron chi connectivity index (χ4n) is 2.16. The summed E-state index contributed by atoms with van der Waals surface area (Å²) >= 11 is 0. The zero-order valence-corrected chi connectivity index (χ0v) is 10.3. The van der Waals surface area contributed by atoms with E-state index in [9.17, 15) is 0 Å². The number of nitrogens with two attached hydrogens (primary N) is 1. The van der Waals surface area contributed by atoms with Crippen LogP contribution in [0.1, 0.15) is 30.0 Å². The highest BCUT2D eigenvalue weighted by Gasteiger charge is 2.23. The van der Waals surface area contributed by atoms with E-state index in [0.29, 0.717) is 0 Å². The molecule has 1 aromatic rings. The first-order valence-electron chi connectivity index (χ1n) is 6.16. The lowest BCUT2D eigenvalue weighted by atomic mass is 10.0. The molecular weight excluding hydrogens is 196 g/mol. The minimum absolute atomic E-state index is 0.142. The van der Waals surface area contributed by atoms with Crippen molar-refractivity contribution >= 4 is 0 Å². The normalized spacial score (nSPS) is 17.8. The first-order valence-corrected chi connectivity index (χ1v) is 6.16. The second kappa shape index (κ2) is 4.98.